The van der Waals surface area contributed by atoms with Crippen molar-refractivity contribution in [1.82, 2.24) is 30.3 Å². The number of ether oxygens (including phenoxy) is 3. The number of aldehydes is 1. The Bertz CT molecular complexity index is 2450. The van der Waals surface area contributed by atoms with Crippen molar-refractivity contribution >= 4 is 59.5 Å². The van der Waals surface area contributed by atoms with Crippen LogP contribution >= 0.6 is 11.3 Å². The Morgan fingerprint density at radius 1 is 1.00 bits per heavy atom. The summed E-state index contributed by atoms with van der Waals surface area (Å²) in [5.74, 6) is -0.588. The summed E-state index contributed by atoms with van der Waals surface area (Å²) in [7, 11) is 1.45. The zero-order valence-corrected chi connectivity index (χ0v) is 44.2. The number of likely N-dealkylation sites (N-methyl/N-ethyl adjacent to an activating group) is 1. The number of piperazine rings is 1. The maximum absolute atomic E-state index is 13.5. The number of rotatable bonds is 23. The second-order valence-electron chi connectivity index (χ2n) is 18.8. The topological polar surface area (TPSA) is 218 Å². The van der Waals surface area contributed by atoms with E-state index in [0.717, 1.165) is 167 Å². The molecule has 406 valence electrons. The van der Waals surface area contributed by atoms with Crippen molar-refractivity contribution < 1.29 is 47.4 Å². The predicted molar refractivity (Wildman–Crippen MR) is 286 cm³/mol. The lowest BCUT2D eigenvalue weighted by Crippen LogP contribution is -2.53. The monoisotopic (exact) mass is 1060 g/mol. The summed E-state index contributed by atoms with van der Waals surface area (Å²) in [6.07, 6.45) is 12.0. The first-order chi connectivity index (χ1) is 36.6. The van der Waals surface area contributed by atoms with Gasteiger partial charge in [0.2, 0.25) is 18.7 Å². The third-order valence-corrected chi connectivity index (χ3v) is 14.6. The largest absolute Gasteiger partial charge is 0.465 e. The fourth-order valence-electron chi connectivity index (χ4n) is 9.80. The number of aromatic nitrogens is 1. The summed E-state index contributed by atoms with van der Waals surface area (Å²) in [6, 6.07) is 15.8. The number of anilines is 2. The molecule has 4 aromatic rings. The third kappa shape index (κ3) is 17.4. The van der Waals surface area contributed by atoms with E-state index in [1.54, 1.807) is 23.6 Å². The lowest BCUT2D eigenvalue weighted by Gasteiger charge is -2.43. The van der Waals surface area contributed by atoms with E-state index in [-0.39, 0.29) is 37.3 Å². The molecule has 8 rings (SSSR count). The summed E-state index contributed by atoms with van der Waals surface area (Å²) in [4.78, 5) is 82.3. The number of likely N-dealkylation sites (tertiary alicyclic amines) is 1. The average Bonchev–Trinajstić information content (AvgIpc) is 4.10. The SMILES string of the molecule is CNC(=O)C(CCC=O)N(C=O)C(=O)c1cc(N2CCN(C3CCN(CCCOCCCCNc4cccc5c4C(=O)NC5)CC3)CC2)ccc1C.Fc1ccc(OC2CCCCO2)c(Cc2nccs2)c1.NC=O. The minimum Gasteiger partial charge on any atom is -0.465 e. The van der Waals surface area contributed by atoms with Crippen LogP contribution in [0.25, 0.3) is 0 Å². The van der Waals surface area contributed by atoms with Crippen molar-refractivity contribution in [3.63, 3.8) is 0 Å². The van der Waals surface area contributed by atoms with Crippen molar-refractivity contribution in [3.8, 4) is 5.75 Å². The van der Waals surface area contributed by atoms with Gasteiger partial charge in [0, 0.05) is 125 Å². The number of fused-ring (bicyclic) bond motifs is 1. The first-order valence-corrected chi connectivity index (χ1v) is 27.0. The van der Waals surface area contributed by atoms with Crippen LogP contribution in [0.1, 0.15) is 107 Å². The van der Waals surface area contributed by atoms with E-state index >= 15 is 0 Å². The molecule has 1 aromatic heterocycles. The van der Waals surface area contributed by atoms with Gasteiger partial charge in [-0.25, -0.2) is 9.37 Å². The molecule has 2 atom stereocenters. The molecule has 20 heteroatoms. The number of imide groups is 1. The Hall–Kier alpha value is -6.32. The smallest absolute Gasteiger partial charge is 0.261 e. The van der Waals surface area contributed by atoms with Crippen LogP contribution in [-0.4, -0.2) is 154 Å². The van der Waals surface area contributed by atoms with Crippen LogP contribution in [0.4, 0.5) is 15.8 Å². The molecule has 3 saturated heterocycles. The zero-order chi connectivity index (χ0) is 53.4. The molecule has 0 saturated carbocycles. The van der Waals surface area contributed by atoms with Gasteiger partial charge in [-0.1, -0.05) is 18.2 Å². The van der Waals surface area contributed by atoms with Crippen LogP contribution in [0.2, 0.25) is 0 Å². The first kappa shape index (κ1) is 57.9. The highest BCUT2D eigenvalue weighted by molar-refractivity contribution is 7.09. The number of carbonyl (C=O) groups is 6. The summed E-state index contributed by atoms with van der Waals surface area (Å²) < 4.78 is 30.8. The number of nitrogens with zero attached hydrogens (tertiary/aromatic N) is 5. The van der Waals surface area contributed by atoms with Gasteiger partial charge in [-0.2, -0.15) is 0 Å². The molecule has 5 amide bonds. The quantitative estimate of drug-likeness (QED) is 0.0518. The molecule has 2 unspecified atom stereocenters. The molecule has 0 spiro atoms. The second kappa shape index (κ2) is 30.9. The van der Waals surface area contributed by atoms with E-state index < -0.39 is 17.9 Å². The number of piperidine rings is 1. The van der Waals surface area contributed by atoms with Gasteiger partial charge in [-0.3, -0.25) is 33.8 Å². The third-order valence-electron chi connectivity index (χ3n) is 13.9. The van der Waals surface area contributed by atoms with Crippen molar-refractivity contribution in [2.45, 2.75) is 102 Å². The number of nitrogens with one attached hydrogen (secondary N) is 3. The molecule has 3 fully saturated rings. The Morgan fingerprint density at radius 2 is 1.79 bits per heavy atom. The fourth-order valence-corrected chi connectivity index (χ4v) is 10.4. The van der Waals surface area contributed by atoms with Crippen LogP contribution in [0.5, 0.6) is 5.75 Å². The highest BCUT2D eigenvalue weighted by Gasteiger charge is 2.32. The maximum Gasteiger partial charge on any atom is 0.261 e. The highest BCUT2D eigenvalue weighted by atomic mass is 32.1. The predicted octanol–water partition coefficient (Wildman–Crippen LogP) is 5.70. The maximum atomic E-state index is 13.5. The Morgan fingerprint density at radius 3 is 2.49 bits per heavy atom. The van der Waals surface area contributed by atoms with E-state index in [4.69, 9.17) is 19.0 Å². The van der Waals surface area contributed by atoms with E-state index in [1.165, 1.54) is 19.2 Å². The molecule has 4 aliphatic heterocycles. The van der Waals surface area contributed by atoms with Crippen LogP contribution in [0.3, 0.4) is 0 Å². The zero-order valence-electron chi connectivity index (χ0n) is 43.4. The van der Waals surface area contributed by atoms with Gasteiger partial charge in [-0.05, 0) is 119 Å². The van der Waals surface area contributed by atoms with Gasteiger partial charge in [-0.15, -0.1) is 11.3 Å². The Balaban J connectivity index is 0.000000327. The first-order valence-electron chi connectivity index (χ1n) is 26.1. The molecule has 3 aromatic carbocycles. The molecule has 75 heavy (non-hydrogen) atoms. The molecule has 0 aliphatic carbocycles. The second-order valence-corrected chi connectivity index (χ2v) is 19.8. The van der Waals surface area contributed by atoms with Gasteiger partial charge in [0.05, 0.1) is 17.2 Å². The Kier molecular flexibility index (Phi) is 23.9. The van der Waals surface area contributed by atoms with Crippen LogP contribution < -0.4 is 31.3 Å². The molecular weight excluding hydrogens is 982 g/mol. The van der Waals surface area contributed by atoms with Gasteiger partial charge < -0.3 is 50.5 Å². The number of hydrogen-bond acceptors (Lipinski definition) is 15. The number of halogens is 1. The minimum absolute atomic E-state index is 0.00472. The van der Waals surface area contributed by atoms with Crippen LogP contribution in [-0.2, 0) is 41.6 Å². The summed E-state index contributed by atoms with van der Waals surface area (Å²) in [6.45, 7) is 12.3. The van der Waals surface area contributed by atoms with Gasteiger partial charge in [0.1, 0.15) is 23.9 Å². The number of unbranched alkanes of at least 4 members (excludes halogenated alkanes) is 1. The van der Waals surface area contributed by atoms with Crippen molar-refractivity contribution in [1.29, 1.82) is 0 Å². The number of hydrogen-bond donors (Lipinski definition) is 4. The van der Waals surface area contributed by atoms with Gasteiger partial charge in [0.15, 0.2) is 6.29 Å². The molecule has 4 aliphatic rings. The molecule has 0 radical (unpaired) electrons. The number of benzene rings is 3. The number of nitrogens with two attached hydrogens (primary N) is 1. The molecular formula is C55H74FN9O9S. The summed E-state index contributed by atoms with van der Waals surface area (Å²) >= 11 is 1.56. The summed E-state index contributed by atoms with van der Waals surface area (Å²) in [5.41, 5.74) is 9.75. The number of amides is 5. The van der Waals surface area contributed by atoms with Gasteiger partial charge >= 0.3 is 0 Å². The number of thiazole rings is 1. The number of carbonyl (C=O) groups excluding carboxylic acids is 6. The van der Waals surface area contributed by atoms with E-state index in [0.29, 0.717) is 43.0 Å². The molecule has 5 heterocycles. The van der Waals surface area contributed by atoms with Crippen LogP contribution in [0.15, 0.2) is 66.2 Å². The van der Waals surface area contributed by atoms with Crippen LogP contribution in [0, 0.1) is 12.7 Å². The molecule has 5 N–H and O–H groups in total. The normalized spacial score (nSPS) is 17.2. The Labute approximate surface area is 443 Å². The van der Waals surface area contributed by atoms with Crippen molar-refractivity contribution in [3.05, 3.63) is 105 Å². The summed E-state index contributed by atoms with van der Waals surface area (Å²) in [5, 5.41) is 11.7. The molecule has 0 bridgehead atoms. The number of aryl methyl sites for hydroxylation is 1. The van der Waals surface area contributed by atoms with E-state index in [2.05, 4.69) is 41.4 Å². The van der Waals surface area contributed by atoms with Gasteiger partial charge in [0.25, 0.3) is 11.8 Å². The fraction of sp³-hybridized carbons (Fsp3) is 0.509. The molecule has 18 nitrogen and oxygen atoms in total. The standard InChI is InChI=1S/C39H55N7O6.C15H16FNO2S.CH3NO/c1-29-11-12-32(26-33(29)39(51)46(28-48)35(10-6-23-47)37(49)40-2)45-21-19-44(20-22-45)31-13-17-43(18-14-31)16-7-25-52-24-4-3-15-41-34-9-5-8-30-27-42-38(50)36(30)34;16-12-4-5-13(19-15-3-1-2-7-18-15)11(9-12)10-14-17-6-8-20-14;2-1-3/h5,8-9,11-12,23,26,28,31,35,41H,3-4,6-7,10,13-22,24-25,27H2,1-2H3,(H,40,49)(H,42,50);4-6,8-9,15H,1-3,7,10H2;1H,(H2,2,3). The van der Waals surface area contributed by atoms with Crippen molar-refractivity contribution in [2.75, 3.05) is 89.4 Å². The van der Waals surface area contributed by atoms with E-state index in [9.17, 15) is 28.4 Å². The number of primary amides is 1. The lowest BCUT2D eigenvalue weighted by atomic mass is 10.0. The average molecular weight is 1060 g/mol. The minimum atomic E-state index is -1.05. The highest BCUT2D eigenvalue weighted by Crippen LogP contribution is 2.29. The lowest BCUT2D eigenvalue weighted by molar-refractivity contribution is -0.131. The van der Waals surface area contributed by atoms with Crippen molar-refractivity contribution in [2.24, 2.45) is 5.73 Å². The van der Waals surface area contributed by atoms with E-state index in [1.807, 2.05) is 48.7 Å².